The van der Waals surface area contributed by atoms with Crippen LogP contribution in [0.2, 0.25) is 0 Å². The summed E-state index contributed by atoms with van der Waals surface area (Å²) < 4.78 is 77.1. The molecule has 1 unspecified atom stereocenters. The van der Waals surface area contributed by atoms with E-state index in [2.05, 4.69) is 26.3 Å². The number of nitrogens with two attached hydrogens (primary N) is 1. The summed E-state index contributed by atoms with van der Waals surface area (Å²) in [6.07, 6.45) is -8.89. The van der Waals surface area contributed by atoms with Crippen molar-refractivity contribution in [2.75, 3.05) is 0 Å². The van der Waals surface area contributed by atoms with Gasteiger partial charge in [0.1, 0.15) is 12.5 Å². The van der Waals surface area contributed by atoms with Crippen LogP contribution in [0.3, 0.4) is 0 Å². The third-order valence-corrected chi connectivity index (χ3v) is 3.62. The Bertz CT molecular complexity index is 711. The highest BCUT2D eigenvalue weighted by molar-refractivity contribution is 9.12. The van der Waals surface area contributed by atoms with Crippen LogP contribution in [-0.4, -0.2) is 17.3 Å². The third-order valence-electron chi connectivity index (χ3n) is 3.03. The Morgan fingerprint density at radius 1 is 1.16 bits per heavy atom. The molecule has 1 aliphatic heterocycles. The summed E-state index contributed by atoms with van der Waals surface area (Å²) in [5.74, 6) is -0.822. The lowest BCUT2D eigenvalue weighted by Gasteiger charge is -2.18. The maximum atomic E-state index is 12.9. The summed E-state index contributed by atoms with van der Waals surface area (Å²) in [6.45, 7) is 0. The molecule has 12 heteroatoms. The highest BCUT2D eigenvalue weighted by atomic mass is 79.9. The van der Waals surface area contributed by atoms with E-state index in [-0.39, 0.29) is 16.1 Å². The monoisotopic (exact) mass is 430 g/mol. The summed E-state index contributed by atoms with van der Waals surface area (Å²) in [5, 5.41) is 1.08. The molecule has 1 heterocycles. The zero-order valence-electron chi connectivity index (χ0n) is 12.0. The number of primary amides is 1. The number of hydrogen-bond acceptors (Lipinski definition) is 4. The predicted octanol–water partition coefficient (Wildman–Crippen LogP) is 3.29. The number of rotatable bonds is 3. The molecular weight excluding hydrogens is 422 g/mol. The van der Waals surface area contributed by atoms with Crippen LogP contribution in [0, 0.1) is 0 Å². The fourth-order valence-corrected chi connectivity index (χ4v) is 2.12. The first kappa shape index (κ1) is 19.2. The molecule has 1 aromatic carbocycles. The van der Waals surface area contributed by atoms with Crippen LogP contribution in [0.5, 0.6) is 0 Å². The summed E-state index contributed by atoms with van der Waals surface area (Å²) >= 11 is 2.85. The van der Waals surface area contributed by atoms with Crippen molar-refractivity contribution in [3.8, 4) is 0 Å². The molecule has 0 radical (unpaired) electrons. The number of benzene rings is 1. The van der Waals surface area contributed by atoms with Gasteiger partial charge in [0.2, 0.25) is 0 Å². The number of halogens is 7. The van der Waals surface area contributed by atoms with Gasteiger partial charge in [-0.3, -0.25) is 9.80 Å². The highest BCUT2D eigenvalue weighted by Gasteiger charge is 2.37. The number of amides is 1. The van der Waals surface area contributed by atoms with Gasteiger partial charge in [-0.2, -0.15) is 26.3 Å². The number of carbonyl (C=O) groups is 1. The number of carbonyl (C=O) groups excluding carboxylic acids is 1. The Morgan fingerprint density at radius 2 is 1.68 bits per heavy atom. The van der Waals surface area contributed by atoms with Gasteiger partial charge in [0, 0.05) is 6.20 Å². The molecule has 1 aromatic rings. The minimum Gasteiger partial charge on any atom is -0.365 e. The Hall–Kier alpha value is -2.08. The molecule has 0 aromatic heterocycles. The molecule has 0 saturated carbocycles. The molecule has 3 N–H and O–H groups in total. The van der Waals surface area contributed by atoms with Crippen LogP contribution >= 0.6 is 15.9 Å². The summed E-state index contributed by atoms with van der Waals surface area (Å²) in [6, 6.07) is 1.17. The van der Waals surface area contributed by atoms with Crippen molar-refractivity contribution in [3.63, 3.8) is 0 Å². The molecule has 25 heavy (non-hydrogen) atoms. The molecule has 0 spiro atoms. The molecule has 5 nitrogen and oxygen atoms in total. The molecule has 0 saturated heterocycles. The van der Waals surface area contributed by atoms with Crippen LogP contribution in [0.1, 0.15) is 22.9 Å². The van der Waals surface area contributed by atoms with Gasteiger partial charge in [0.05, 0.1) is 15.6 Å². The van der Waals surface area contributed by atoms with E-state index in [1.807, 2.05) is 0 Å². The molecule has 1 amide bonds. The second kappa shape index (κ2) is 6.67. The van der Waals surface area contributed by atoms with Gasteiger partial charge < -0.3 is 5.73 Å². The first-order valence-corrected chi connectivity index (χ1v) is 7.21. The zero-order valence-corrected chi connectivity index (χ0v) is 13.6. The van der Waals surface area contributed by atoms with Crippen molar-refractivity contribution in [1.82, 2.24) is 10.4 Å². The van der Waals surface area contributed by atoms with Crippen molar-refractivity contribution in [2.45, 2.75) is 18.5 Å². The number of hydrazine groups is 1. The Balaban J connectivity index is 2.36. The third kappa shape index (κ3) is 4.72. The molecule has 0 fully saturated rings. The van der Waals surface area contributed by atoms with Gasteiger partial charge >= 0.3 is 12.4 Å². The van der Waals surface area contributed by atoms with E-state index in [4.69, 9.17) is 5.73 Å². The second-order valence-electron chi connectivity index (χ2n) is 4.88. The molecule has 0 bridgehead atoms. The van der Waals surface area contributed by atoms with Crippen molar-refractivity contribution in [2.24, 2.45) is 10.7 Å². The van der Waals surface area contributed by atoms with Gasteiger partial charge in [-0.1, -0.05) is 0 Å². The standard InChI is InChI=1S/C13H9BrF6N4O/c14-9(10(21)25)4-24-5-22-11(23-24)6-1-7(12(15,16)17)3-8(2-6)13(18,19)20/h1-5,11,23H,(H2,21,25)/b9-4-. The van der Waals surface area contributed by atoms with Crippen molar-refractivity contribution >= 4 is 28.2 Å². The molecule has 1 atom stereocenters. The Labute approximate surface area is 145 Å². The van der Waals surface area contributed by atoms with Crippen LogP contribution in [0.25, 0.3) is 0 Å². The normalized spacial score (nSPS) is 18.8. The van der Waals surface area contributed by atoms with Crippen LogP contribution in [-0.2, 0) is 17.1 Å². The minimum absolute atomic E-state index is 0.0313. The van der Waals surface area contributed by atoms with E-state index in [0.717, 1.165) is 17.5 Å². The fourth-order valence-electron chi connectivity index (χ4n) is 1.90. The number of aliphatic imine (C=N–C) groups is 1. The second-order valence-corrected chi connectivity index (χ2v) is 5.74. The van der Waals surface area contributed by atoms with Crippen molar-refractivity contribution in [1.29, 1.82) is 0 Å². The molecule has 0 aliphatic carbocycles. The molecule has 2 rings (SSSR count). The first-order chi connectivity index (χ1) is 11.4. The highest BCUT2D eigenvalue weighted by Crippen LogP contribution is 2.38. The van der Waals surface area contributed by atoms with Gasteiger partial charge in [-0.25, -0.2) is 10.4 Å². The van der Waals surface area contributed by atoms with E-state index in [1.54, 1.807) is 0 Å². The van der Waals surface area contributed by atoms with Gasteiger partial charge in [-0.15, -0.1) is 0 Å². The van der Waals surface area contributed by atoms with E-state index in [1.165, 1.54) is 0 Å². The zero-order chi connectivity index (χ0) is 19.0. The van der Waals surface area contributed by atoms with Crippen molar-refractivity contribution in [3.05, 3.63) is 45.6 Å². The fraction of sp³-hybridized carbons (Fsp3) is 0.231. The van der Waals surface area contributed by atoms with E-state index < -0.39 is 35.6 Å². The Kier molecular flexibility index (Phi) is 5.14. The Morgan fingerprint density at radius 3 is 2.12 bits per heavy atom. The quantitative estimate of drug-likeness (QED) is 0.570. The number of alkyl halides is 6. The maximum absolute atomic E-state index is 12.9. The van der Waals surface area contributed by atoms with Crippen LogP contribution < -0.4 is 11.2 Å². The van der Waals surface area contributed by atoms with Gasteiger partial charge in [0.15, 0.2) is 0 Å². The van der Waals surface area contributed by atoms with E-state index in [9.17, 15) is 31.1 Å². The summed E-state index contributed by atoms with van der Waals surface area (Å²) in [7, 11) is 0. The van der Waals surface area contributed by atoms with Crippen LogP contribution in [0.4, 0.5) is 26.3 Å². The van der Waals surface area contributed by atoms with Crippen LogP contribution in [0.15, 0.2) is 33.9 Å². The average molecular weight is 431 g/mol. The largest absolute Gasteiger partial charge is 0.416 e. The summed E-state index contributed by atoms with van der Waals surface area (Å²) in [4.78, 5) is 14.7. The lowest BCUT2D eigenvalue weighted by atomic mass is 10.0. The average Bonchev–Trinajstić information content (AvgIpc) is 2.93. The molecule has 1 aliphatic rings. The maximum Gasteiger partial charge on any atom is 0.416 e. The lowest BCUT2D eigenvalue weighted by Crippen LogP contribution is -2.30. The minimum atomic E-state index is -4.95. The van der Waals surface area contributed by atoms with E-state index in [0.29, 0.717) is 12.1 Å². The topological polar surface area (TPSA) is 70.7 Å². The SMILES string of the molecule is NC(=O)/C(Br)=C/N1C=NC(c2cc(C(F)(F)F)cc(C(F)(F)F)c2)N1. The van der Waals surface area contributed by atoms with E-state index >= 15 is 0 Å². The lowest BCUT2D eigenvalue weighted by molar-refractivity contribution is -0.143. The number of nitrogens with zero attached hydrogens (tertiary/aromatic N) is 2. The van der Waals surface area contributed by atoms with Gasteiger partial charge in [-0.05, 0) is 39.7 Å². The smallest absolute Gasteiger partial charge is 0.365 e. The van der Waals surface area contributed by atoms with Crippen molar-refractivity contribution < 1.29 is 31.1 Å². The molecular formula is C13H9BrF6N4O. The summed E-state index contributed by atoms with van der Waals surface area (Å²) in [5.41, 5.74) is 4.28. The number of hydrogen-bond donors (Lipinski definition) is 2. The number of nitrogens with one attached hydrogen (secondary N) is 1. The predicted molar refractivity (Wildman–Crippen MR) is 78.9 cm³/mol. The van der Waals surface area contributed by atoms with Gasteiger partial charge in [0.25, 0.3) is 5.91 Å². The molecule has 136 valence electrons. The first-order valence-electron chi connectivity index (χ1n) is 6.42.